The first-order valence-corrected chi connectivity index (χ1v) is 8.70. The number of hydrogen-bond donors (Lipinski definition) is 0. The first-order chi connectivity index (χ1) is 12.1. The number of carbonyl (C=O) groups is 1. The van der Waals surface area contributed by atoms with Crippen molar-refractivity contribution >= 4 is 5.91 Å². The molecule has 1 atom stereocenters. The van der Waals surface area contributed by atoms with Crippen LogP contribution in [0.3, 0.4) is 0 Å². The van der Waals surface area contributed by atoms with Crippen LogP contribution in [0, 0.1) is 11.6 Å². The lowest BCUT2D eigenvalue weighted by Crippen LogP contribution is -2.37. The fourth-order valence-corrected chi connectivity index (χ4v) is 3.80. The molecule has 0 radical (unpaired) electrons. The number of benzene rings is 1. The fourth-order valence-electron chi connectivity index (χ4n) is 3.80. The molecule has 1 amide bonds. The Balaban J connectivity index is 1.50. The summed E-state index contributed by atoms with van der Waals surface area (Å²) in [6.07, 6.45) is 6.07. The number of aromatic nitrogens is 2. The third-order valence-electron chi connectivity index (χ3n) is 5.15. The van der Waals surface area contributed by atoms with Crippen molar-refractivity contribution in [2.45, 2.75) is 50.5 Å². The minimum absolute atomic E-state index is 0.114. The van der Waals surface area contributed by atoms with Crippen LogP contribution in [0.1, 0.15) is 50.3 Å². The minimum atomic E-state index is -0.961. The fraction of sp³-hybridized carbons (Fsp3) is 0.500. The van der Waals surface area contributed by atoms with Crippen LogP contribution in [0.25, 0.3) is 11.5 Å². The number of rotatable bonds is 3. The van der Waals surface area contributed by atoms with Crippen molar-refractivity contribution in [1.82, 2.24) is 15.0 Å². The highest BCUT2D eigenvalue weighted by atomic mass is 19.2. The number of carbonyl (C=O) groups excluding carboxylic acids is 1. The van der Waals surface area contributed by atoms with E-state index in [9.17, 15) is 13.6 Å². The molecule has 1 aromatic heterocycles. The van der Waals surface area contributed by atoms with Crippen molar-refractivity contribution in [2.24, 2.45) is 0 Å². The molecule has 2 aromatic rings. The molecule has 25 heavy (non-hydrogen) atoms. The van der Waals surface area contributed by atoms with Gasteiger partial charge in [-0.2, -0.15) is 4.98 Å². The Bertz CT molecular complexity index is 786. The molecule has 2 heterocycles. The highest BCUT2D eigenvalue weighted by Gasteiger charge is 2.37. The molecule has 0 spiro atoms. The molecule has 7 heteroatoms. The first kappa shape index (κ1) is 16.2. The topological polar surface area (TPSA) is 59.2 Å². The van der Waals surface area contributed by atoms with Crippen molar-refractivity contribution in [2.75, 3.05) is 6.54 Å². The van der Waals surface area contributed by atoms with Crippen molar-refractivity contribution in [3.05, 3.63) is 35.7 Å². The molecule has 1 saturated heterocycles. The highest BCUT2D eigenvalue weighted by molar-refractivity contribution is 5.80. The highest BCUT2D eigenvalue weighted by Crippen LogP contribution is 2.33. The maximum atomic E-state index is 13.4. The van der Waals surface area contributed by atoms with Crippen LogP contribution in [-0.2, 0) is 4.79 Å². The van der Waals surface area contributed by atoms with Gasteiger partial charge in [-0.25, -0.2) is 8.78 Å². The van der Waals surface area contributed by atoms with Gasteiger partial charge in [0.05, 0.1) is 0 Å². The summed E-state index contributed by atoms with van der Waals surface area (Å²) in [6, 6.07) is 3.77. The Morgan fingerprint density at radius 1 is 1.12 bits per heavy atom. The van der Waals surface area contributed by atoms with E-state index in [-0.39, 0.29) is 17.7 Å². The Labute approximate surface area is 144 Å². The molecule has 2 aliphatic rings. The normalized spacial score (nSPS) is 21.9. The van der Waals surface area contributed by atoms with Crippen LogP contribution in [-0.4, -0.2) is 33.5 Å². The summed E-state index contributed by atoms with van der Waals surface area (Å²) >= 11 is 0. The molecule has 1 aliphatic heterocycles. The van der Waals surface area contributed by atoms with Gasteiger partial charge in [0.25, 0.3) is 5.89 Å². The number of halogens is 2. The smallest absolute Gasteiger partial charge is 0.258 e. The second-order valence-corrected chi connectivity index (χ2v) is 6.83. The van der Waals surface area contributed by atoms with Crippen molar-refractivity contribution in [3.63, 3.8) is 0 Å². The maximum absolute atomic E-state index is 13.4. The van der Waals surface area contributed by atoms with Crippen LogP contribution in [0.2, 0.25) is 0 Å². The van der Waals surface area contributed by atoms with Gasteiger partial charge >= 0.3 is 0 Å². The van der Waals surface area contributed by atoms with E-state index in [1.54, 1.807) is 0 Å². The van der Waals surface area contributed by atoms with Gasteiger partial charge in [-0.15, -0.1) is 0 Å². The molecular formula is C18H19F2N3O2. The largest absolute Gasteiger partial charge is 0.339 e. The molecule has 0 N–H and O–H groups in total. The average molecular weight is 347 g/mol. The summed E-state index contributed by atoms with van der Waals surface area (Å²) in [5.74, 6) is -1.28. The Kier molecular flexibility index (Phi) is 4.23. The summed E-state index contributed by atoms with van der Waals surface area (Å²) in [7, 11) is 0. The maximum Gasteiger partial charge on any atom is 0.258 e. The first-order valence-electron chi connectivity index (χ1n) is 8.70. The van der Waals surface area contributed by atoms with Crippen LogP contribution >= 0.6 is 0 Å². The van der Waals surface area contributed by atoms with E-state index < -0.39 is 11.6 Å². The number of hydrogen-bond acceptors (Lipinski definition) is 4. The molecule has 1 aromatic carbocycles. The van der Waals surface area contributed by atoms with E-state index >= 15 is 0 Å². The van der Waals surface area contributed by atoms with Crippen LogP contribution < -0.4 is 0 Å². The third kappa shape index (κ3) is 3.15. The van der Waals surface area contributed by atoms with E-state index in [1.165, 1.54) is 25.3 Å². The summed E-state index contributed by atoms with van der Waals surface area (Å²) in [5, 5.41) is 3.96. The van der Waals surface area contributed by atoms with E-state index in [0.717, 1.165) is 25.0 Å². The van der Waals surface area contributed by atoms with Gasteiger partial charge in [0.2, 0.25) is 5.91 Å². The van der Waals surface area contributed by atoms with Crippen LogP contribution in [0.15, 0.2) is 22.7 Å². The molecule has 5 nitrogen and oxygen atoms in total. The monoisotopic (exact) mass is 347 g/mol. The minimum Gasteiger partial charge on any atom is -0.339 e. The summed E-state index contributed by atoms with van der Waals surface area (Å²) in [5.41, 5.74) is 0.325. The van der Waals surface area contributed by atoms with Crippen LogP contribution in [0.5, 0.6) is 0 Å². The molecule has 2 fully saturated rings. The van der Waals surface area contributed by atoms with Crippen LogP contribution in [0.4, 0.5) is 8.78 Å². The molecule has 0 bridgehead atoms. The standard InChI is InChI=1S/C18H19F2N3O2/c19-14-7-6-11(8-15(14)20)18-21-17(22-25-18)12-9-16(24)23(10-12)13-4-2-1-3-5-13/h6-8,12-13H,1-5,9-10H2. The number of amides is 1. The Morgan fingerprint density at radius 2 is 1.92 bits per heavy atom. The predicted molar refractivity (Wildman–Crippen MR) is 85.6 cm³/mol. The summed E-state index contributed by atoms with van der Waals surface area (Å²) in [4.78, 5) is 18.6. The van der Waals surface area contributed by atoms with Crippen molar-refractivity contribution in [1.29, 1.82) is 0 Å². The summed E-state index contributed by atoms with van der Waals surface area (Å²) < 4.78 is 31.6. The second-order valence-electron chi connectivity index (χ2n) is 6.83. The second kappa shape index (κ2) is 6.54. The lowest BCUT2D eigenvalue weighted by atomic mass is 9.94. The predicted octanol–water partition coefficient (Wildman–Crippen LogP) is 3.66. The van der Waals surface area contributed by atoms with Gasteiger partial charge in [0.15, 0.2) is 17.5 Å². The zero-order valence-corrected chi connectivity index (χ0v) is 13.8. The molecule has 1 aliphatic carbocycles. The third-order valence-corrected chi connectivity index (χ3v) is 5.15. The lowest BCUT2D eigenvalue weighted by Gasteiger charge is -2.31. The Hall–Kier alpha value is -2.31. The van der Waals surface area contributed by atoms with Gasteiger partial charge in [0, 0.05) is 30.5 Å². The molecule has 1 saturated carbocycles. The Morgan fingerprint density at radius 3 is 2.68 bits per heavy atom. The zero-order chi connectivity index (χ0) is 17.4. The number of nitrogens with zero attached hydrogens (tertiary/aromatic N) is 3. The van der Waals surface area contributed by atoms with Gasteiger partial charge in [-0.1, -0.05) is 24.4 Å². The average Bonchev–Trinajstić information content (AvgIpc) is 3.25. The SMILES string of the molecule is O=C1CC(c2noc(-c3ccc(F)c(F)c3)n2)CN1C1CCCCC1. The molecule has 4 rings (SSSR count). The van der Waals surface area contributed by atoms with Crippen molar-refractivity contribution < 1.29 is 18.1 Å². The quantitative estimate of drug-likeness (QED) is 0.850. The number of likely N-dealkylation sites (tertiary alicyclic amines) is 1. The van der Waals surface area contributed by atoms with E-state index in [0.29, 0.717) is 30.4 Å². The van der Waals surface area contributed by atoms with Gasteiger partial charge in [-0.3, -0.25) is 4.79 Å². The summed E-state index contributed by atoms with van der Waals surface area (Å²) in [6.45, 7) is 0.597. The zero-order valence-electron chi connectivity index (χ0n) is 13.8. The van der Waals surface area contributed by atoms with Gasteiger partial charge in [0.1, 0.15) is 0 Å². The molecule has 132 valence electrons. The van der Waals surface area contributed by atoms with Crippen molar-refractivity contribution in [3.8, 4) is 11.5 Å². The lowest BCUT2D eigenvalue weighted by molar-refractivity contribution is -0.130. The molecule has 1 unspecified atom stereocenters. The van der Waals surface area contributed by atoms with E-state index in [1.807, 2.05) is 4.90 Å². The van der Waals surface area contributed by atoms with Gasteiger partial charge in [-0.05, 0) is 31.0 Å². The van der Waals surface area contributed by atoms with E-state index in [2.05, 4.69) is 10.1 Å². The van der Waals surface area contributed by atoms with Gasteiger partial charge < -0.3 is 9.42 Å². The van der Waals surface area contributed by atoms with E-state index in [4.69, 9.17) is 4.52 Å². The molecular weight excluding hydrogens is 328 g/mol.